The Bertz CT molecular complexity index is 1030. The van der Waals surface area contributed by atoms with Crippen molar-refractivity contribution < 1.29 is 9.59 Å². The molecule has 1 atom stereocenters. The number of aromatic amines is 1. The first-order valence-corrected chi connectivity index (χ1v) is 10.6. The first-order valence-electron chi connectivity index (χ1n) is 10.6. The van der Waals surface area contributed by atoms with E-state index in [2.05, 4.69) is 25.9 Å². The SMILES string of the molecule is CCC(CC)[C@H](NC(=O)c1ccnn1C)C(=O)Nc1ccc(-c2c(C)n[nH]c2C)cc1. The van der Waals surface area contributed by atoms with Crippen molar-refractivity contribution in [1.82, 2.24) is 25.3 Å². The van der Waals surface area contributed by atoms with E-state index >= 15 is 0 Å². The van der Waals surface area contributed by atoms with Crippen LogP contribution in [0.1, 0.15) is 48.6 Å². The number of carbonyl (C=O) groups is 2. The van der Waals surface area contributed by atoms with Gasteiger partial charge >= 0.3 is 0 Å². The maximum absolute atomic E-state index is 13.1. The fraction of sp³-hybridized carbons (Fsp3) is 0.391. The minimum Gasteiger partial charge on any atom is -0.339 e. The van der Waals surface area contributed by atoms with Gasteiger partial charge in [-0.25, -0.2) is 0 Å². The van der Waals surface area contributed by atoms with Gasteiger partial charge in [-0.15, -0.1) is 0 Å². The molecule has 8 heteroatoms. The summed E-state index contributed by atoms with van der Waals surface area (Å²) >= 11 is 0. The smallest absolute Gasteiger partial charge is 0.270 e. The third kappa shape index (κ3) is 4.84. The highest BCUT2D eigenvalue weighted by Crippen LogP contribution is 2.26. The Morgan fingerprint density at radius 2 is 1.77 bits per heavy atom. The minimum atomic E-state index is -0.643. The van der Waals surface area contributed by atoms with Crippen LogP contribution < -0.4 is 10.6 Å². The Balaban J connectivity index is 1.77. The number of rotatable bonds is 8. The Labute approximate surface area is 182 Å². The second kappa shape index (κ2) is 9.59. The van der Waals surface area contributed by atoms with Crippen LogP contribution in [0, 0.1) is 19.8 Å². The van der Waals surface area contributed by atoms with Gasteiger partial charge in [-0.2, -0.15) is 10.2 Å². The number of anilines is 1. The molecule has 0 aliphatic heterocycles. The lowest BCUT2D eigenvalue weighted by Gasteiger charge is -2.25. The fourth-order valence-corrected chi connectivity index (χ4v) is 3.89. The second-order valence-electron chi connectivity index (χ2n) is 7.74. The molecule has 0 aliphatic carbocycles. The summed E-state index contributed by atoms with van der Waals surface area (Å²) < 4.78 is 1.50. The van der Waals surface area contributed by atoms with Crippen molar-refractivity contribution >= 4 is 17.5 Å². The zero-order valence-electron chi connectivity index (χ0n) is 18.7. The van der Waals surface area contributed by atoms with Crippen molar-refractivity contribution in [1.29, 1.82) is 0 Å². The number of nitrogens with zero attached hydrogens (tertiary/aromatic N) is 3. The molecule has 0 radical (unpaired) electrons. The molecule has 0 spiro atoms. The molecule has 164 valence electrons. The molecule has 2 amide bonds. The van der Waals surface area contributed by atoms with Gasteiger partial charge < -0.3 is 10.6 Å². The molecule has 0 aliphatic rings. The van der Waals surface area contributed by atoms with Crippen LogP contribution in [0.3, 0.4) is 0 Å². The first kappa shape index (κ1) is 22.3. The standard InChI is InChI=1S/C23H30N6O2/c1-6-16(7-2)21(26-22(30)19-12-13-24-29(19)5)23(31)25-18-10-8-17(9-11-18)20-14(3)27-28-15(20)4/h8-13,16,21H,6-7H2,1-5H3,(H,25,31)(H,26,30)(H,27,28)/t21-/m0/s1. The normalized spacial score (nSPS) is 12.1. The Kier molecular flexibility index (Phi) is 6.89. The zero-order valence-corrected chi connectivity index (χ0v) is 18.7. The van der Waals surface area contributed by atoms with Crippen molar-refractivity contribution in [3.63, 3.8) is 0 Å². The molecule has 2 aromatic heterocycles. The maximum Gasteiger partial charge on any atom is 0.270 e. The summed E-state index contributed by atoms with van der Waals surface area (Å²) in [5.74, 6) is -0.520. The van der Waals surface area contributed by atoms with E-state index < -0.39 is 6.04 Å². The second-order valence-corrected chi connectivity index (χ2v) is 7.74. The van der Waals surface area contributed by atoms with Crippen LogP contribution in [0.2, 0.25) is 0 Å². The van der Waals surface area contributed by atoms with Crippen molar-refractivity contribution in [2.24, 2.45) is 13.0 Å². The van der Waals surface area contributed by atoms with Crippen LogP contribution in [0.4, 0.5) is 5.69 Å². The summed E-state index contributed by atoms with van der Waals surface area (Å²) in [7, 11) is 1.70. The number of hydrogen-bond donors (Lipinski definition) is 3. The largest absolute Gasteiger partial charge is 0.339 e. The molecule has 1 aromatic carbocycles. The number of benzene rings is 1. The molecule has 0 bridgehead atoms. The van der Waals surface area contributed by atoms with Gasteiger partial charge in [0.05, 0.1) is 5.69 Å². The molecule has 2 heterocycles. The summed E-state index contributed by atoms with van der Waals surface area (Å²) in [6.07, 6.45) is 3.11. The summed E-state index contributed by atoms with van der Waals surface area (Å²) in [6.45, 7) is 7.99. The van der Waals surface area contributed by atoms with E-state index in [1.807, 2.05) is 52.0 Å². The van der Waals surface area contributed by atoms with Crippen LogP contribution in [0.15, 0.2) is 36.5 Å². The van der Waals surface area contributed by atoms with E-state index in [9.17, 15) is 9.59 Å². The Morgan fingerprint density at radius 1 is 1.10 bits per heavy atom. The average Bonchev–Trinajstić information content (AvgIpc) is 3.33. The summed E-state index contributed by atoms with van der Waals surface area (Å²) in [6, 6.07) is 8.64. The number of carbonyl (C=O) groups excluding carboxylic acids is 2. The van der Waals surface area contributed by atoms with Crippen LogP contribution >= 0.6 is 0 Å². The van der Waals surface area contributed by atoms with Gasteiger partial charge in [0.2, 0.25) is 5.91 Å². The van der Waals surface area contributed by atoms with Crippen LogP contribution in [0.25, 0.3) is 11.1 Å². The third-order valence-electron chi connectivity index (χ3n) is 5.71. The third-order valence-corrected chi connectivity index (χ3v) is 5.71. The van der Waals surface area contributed by atoms with Crippen LogP contribution in [-0.4, -0.2) is 37.8 Å². The highest BCUT2D eigenvalue weighted by atomic mass is 16.2. The highest BCUT2D eigenvalue weighted by molar-refractivity contribution is 6.00. The quantitative estimate of drug-likeness (QED) is 0.516. The van der Waals surface area contributed by atoms with Crippen LogP contribution in [-0.2, 0) is 11.8 Å². The number of hydrogen-bond acceptors (Lipinski definition) is 4. The molecule has 3 N–H and O–H groups in total. The van der Waals surface area contributed by atoms with Crippen molar-refractivity contribution in [2.75, 3.05) is 5.32 Å². The van der Waals surface area contributed by atoms with Gasteiger partial charge in [0.15, 0.2) is 0 Å². The van der Waals surface area contributed by atoms with Gasteiger partial charge in [-0.3, -0.25) is 19.4 Å². The van der Waals surface area contributed by atoms with E-state index in [-0.39, 0.29) is 17.7 Å². The Hall–Kier alpha value is -3.42. The molecule has 31 heavy (non-hydrogen) atoms. The predicted molar refractivity (Wildman–Crippen MR) is 121 cm³/mol. The van der Waals surface area contributed by atoms with E-state index in [1.165, 1.54) is 4.68 Å². The molecule has 0 unspecified atom stereocenters. The lowest BCUT2D eigenvalue weighted by molar-refractivity contribution is -0.119. The van der Waals surface area contributed by atoms with E-state index in [4.69, 9.17) is 0 Å². The topological polar surface area (TPSA) is 105 Å². The van der Waals surface area contributed by atoms with Gasteiger partial charge in [-0.1, -0.05) is 38.8 Å². The van der Waals surface area contributed by atoms with Crippen molar-refractivity contribution in [3.05, 3.63) is 53.6 Å². The summed E-state index contributed by atoms with van der Waals surface area (Å²) in [4.78, 5) is 25.8. The predicted octanol–water partition coefficient (Wildman–Crippen LogP) is 3.60. The van der Waals surface area contributed by atoms with Crippen LogP contribution in [0.5, 0.6) is 0 Å². The number of aryl methyl sites for hydroxylation is 3. The van der Waals surface area contributed by atoms with Gasteiger partial charge in [-0.05, 0) is 43.5 Å². The molecular formula is C23H30N6O2. The molecule has 0 fully saturated rings. The molecular weight excluding hydrogens is 392 g/mol. The maximum atomic E-state index is 13.1. The van der Waals surface area contributed by atoms with Gasteiger partial charge in [0.25, 0.3) is 5.91 Å². The minimum absolute atomic E-state index is 0.0210. The summed E-state index contributed by atoms with van der Waals surface area (Å²) in [5.41, 5.74) is 5.12. The molecule has 0 saturated heterocycles. The zero-order chi connectivity index (χ0) is 22.5. The summed E-state index contributed by atoms with van der Waals surface area (Å²) in [5, 5.41) is 17.1. The van der Waals surface area contributed by atoms with E-state index in [0.717, 1.165) is 35.4 Å². The average molecular weight is 423 g/mol. The number of nitrogens with one attached hydrogen (secondary N) is 3. The molecule has 8 nitrogen and oxygen atoms in total. The van der Waals surface area contributed by atoms with Crippen molar-refractivity contribution in [3.8, 4) is 11.1 Å². The van der Waals surface area contributed by atoms with Gasteiger partial charge in [0, 0.05) is 30.2 Å². The number of aromatic nitrogens is 4. The highest BCUT2D eigenvalue weighted by Gasteiger charge is 2.29. The van der Waals surface area contributed by atoms with E-state index in [0.29, 0.717) is 11.4 Å². The van der Waals surface area contributed by atoms with E-state index in [1.54, 1.807) is 19.3 Å². The van der Waals surface area contributed by atoms with Gasteiger partial charge in [0.1, 0.15) is 11.7 Å². The number of H-pyrrole nitrogens is 1. The van der Waals surface area contributed by atoms with Crippen molar-refractivity contribution in [2.45, 2.75) is 46.6 Å². The molecule has 0 saturated carbocycles. The monoisotopic (exact) mass is 422 g/mol. The lowest BCUT2D eigenvalue weighted by atomic mass is 9.93. The first-order chi connectivity index (χ1) is 14.8. The Morgan fingerprint density at radius 3 is 2.29 bits per heavy atom. The lowest BCUT2D eigenvalue weighted by Crippen LogP contribution is -2.48. The molecule has 3 aromatic rings. The number of amides is 2. The fourth-order valence-electron chi connectivity index (χ4n) is 3.89. The molecule has 3 rings (SSSR count).